The fourth-order valence-electron chi connectivity index (χ4n) is 3.89. The molecule has 4 rings (SSSR count). The largest absolute Gasteiger partial charge is 0.493 e. The Labute approximate surface area is 230 Å². The summed E-state index contributed by atoms with van der Waals surface area (Å²) in [6.07, 6.45) is 2.41. The van der Waals surface area contributed by atoms with Crippen molar-refractivity contribution in [1.82, 2.24) is 15.0 Å². The minimum absolute atomic E-state index is 0.109. The van der Waals surface area contributed by atoms with Crippen LogP contribution in [-0.2, 0) is 26.9 Å². The fraction of sp³-hybridized carbons (Fsp3) is 0.333. The van der Waals surface area contributed by atoms with Crippen molar-refractivity contribution in [2.24, 2.45) is 0 Å². The van der Waals surface area contributed by atoms with E-state index in [1.165, 1.54) is 25.3 Å². The van der Waals surface area contributed by atoms with E-state index >= 15 is 0 Å². The van der Waals surface area contributed by atoms with Gasteiger partial charge in [0.05, 0.1) is 36.2 Å². The maximum atomic E-state index is 13.1. The maximum absolute atomic E-state index is 13.1. The van der Waals surface area contributed by atoms with Crippen molar-refractivity contribution in [3.05, 3.63) is 65.5 Å². The number of aromatic amines is 1. The summed E-state index contributed by atoms with van der Waals surface area (Å²) < 4.78 is 77.7. The molecular formula is C27H29F2N3O7S. The van der Waals surface area contributed by atoms with Crippen LogP contribution in [0.25, 0.3) is 11.0 Å². The fourth-order valence-corrected chi connectivity index (χ4v) is 5.15. The number of fused-ring (bicyclic) bond motifs is 1. The van der Waals surface area contributed by atoms with E-state index in [0.717, 1.165) is 12.0 Å². The minimum atomic E-state index is -3.91. The smallest absolute Gasteiger partial charge is 0.387 e. The van der Waals surface area contributed by atoms with Gasteiger partial charge in [0.25, 0.3) is 0 Å². The van der Waals surface area contributed by atoms with Gasteiger partial charge in [0, 0.05) is 38.0 Å². The van der Waals surface area contributed by atoms with Gasteiger partial charge in [0.1, 0.15) is 18.1 Å². The summed E-state index contributed by atoms with van der Waals surface area (Å²) in [5, 5.41) is -0.290. The van der Waals surface area contributed by atoms with Crippen LogP contribution < -0.4 is 18.9 Å². The summed E-state index contributed by atoms with van der Waals surface area (Å²) in [6, 6.07) is 10.6. The number of hydrogen-bond donors (Lipinski definition) is 1. The lowest BCUT2D eigenvalue weighted by Gasteiger charge is -2.15. The number of hydrogen-bond acceptors (Lipinski definition) is 9. The first kappa shape index (κ1) is 29.0. The Balaban J connectivity index is 1.45. The molecule has 0 radical (unpaired) electrons. The number of benzene rings is 2. The number of methoxy groups -OCH3 is 2. The van der Waals surface area contributed by atoms with Crippen LogP contribution in [0.3, 0.4) is 0 Å². The third-order valence-electron chi connectivity index (χ3n) is 5.91. The maximum Gasteiger partial charge on any atom is 0.387 e. The summed E-state index contributed by atoms with van der Waals surface area (Å²) >= 11 is 0. The normalized spacial score (nSPS) is 11.7. The first-order valence-electron chi connectivity index (χ1n) is 12.2. The zero-order valence-corrected chi connectivity index (χ0v) is 23.0. The van der Waals surface area contributed by atoms with Crippen LogP contribution in [0.1, 0.15) is 23.2 Å². The summed E-state index contributed by atoms with van der Waals surface area (Å²) in [4.78, 5) is 11.2. The minimum Gasteiger partial charge on any atom is -0.493 e. The van der Waals surface area contributed by atoms with Gasteiger partial charge in [-0.15, -0.1) is 0 Å². The van der Waals surface area contributed by atoms with Crippen LogP contribution in [0.5, 0.6) is 23.0 Å². The van der Waals surface area contributed by atoms with Gasteiger partial charge in [-0.05, 0) is 42.8 Å². The number of ether oxygens (including phenoxy) is 5. The first-order valence-corrected chi connectivity index (χ1v) is 13.9. The highest BCUT2D eigenvalue weighted by Crippen LogP contribution is 2.31. The zero-order valence-electron chi connectivity index (χ0n) is 22.1. The number of H-pyrrole nitrogens is 1. The van der Waals surface area contributed by atoms with Gasteiger partial charge < -0.3 is 28.7 Å². The Morgan fingerprint density at radius 2 is 1.80 bits per heavy atom. The van der Waals surface area contributed by atoms with Crippen molar-refractivity contribution in [2.75, 3.05) is 27.4 Å². The quantitative estimate of drug-likeness (QED) is 0.210. The Morgan fingerprint density at radius 3 is 2.55 bits per heavy atom. The molecule has 0 saturated carbocycles. The molecule has 40 heavy (non-hydrogen) atoms. The average molecular weight is 578 g/mol. The molecule has 10 nitrogen and oxygen atoms in total. The second-order valence-electron chi connectivity index (χ2n) is 8.71. The van der Waals surface area contributed by atoms with E-state index in [9.17, 15) is 17.2 Å². The topological polar surface area (TPSA) is 122 Å². The number of sulfone groups is 1. The molecule has 1 N–H and O–H groups in total. The Kier molecular flexibility index (Phi) is 9.38. The van der Waals surface area contributed by atoms with Gasteiger partial charge in [-0.3, -0.25) is 4.98 Å². The number of aromatic nitrogens is 3. The van der Waals surface area contributed by atoms with E-state index < -0.39 is 16.4 Å². The highest BCUT2D eigenvalue weighted by Gasteiger charge is 2.22. The molecule has 0 unspecified atom stereocenters. The Hall–Kier alpha value is -3.97. The summed E-state index contributed by atoms with van der Waals surface area (Å²) in [6.45, 7) is 0.161. The lowest BCUT2D eigenvalue weighted by molar-refractivity contribution is -0.0497. The molecule has 4 aromatic rings. The zero-order chi connectivity index (χ0) is 28.7. The molecule has 0 fully saturated rings. The number of imidazole rings is 1. The van der Waals surface area contributed by atoms with E-state index in [4.69, 9.17) is 18.9 Å². The Bertz CT molecular complexity index is 1560. The van der Waals surface area contributed by atoms with E-state index in [-0.39, 0.29) is 28.8 Å². The molecule has 0 atom stereocenters. The SMILES string of the molecule is COCCCOc1ccnc(COc2ccc(CS(=O)(=O)c3nc4ccc(OC(F)F)cc4[nH]3)cc2OC)c1C. The van der Waals surface area contributed by atoms with Crippen molar-refractivity contribution in [3.8, 4) is 23.0 Å². The van der Waals surface area contributed by atoms with Crippen LogP contribution in [-0.4, -0.2) is 57.4 Å². The molecule has 0 aliphatic carbocycles. The molecule has 214 valence electrons. The molecule has 2 heterocycles. The highest BCUT2D eigenvalue weighted by atomic mass is 32.2. The van der Waals surface area contributed by atoms with Crippen molar-refractivity contribution >= 4 is 20.9 Å². The predicted molar refractivity (Wildman–Crippen MR) is 142 cm³/mol. The van der Waals surface area contributed by atoms with E-state index in [0.29, 0.717) is 47.2 Å². The Morgan fingerprint density at radius 1 is 0.975 bits per heavy atom. The second-order valence-corrected chi connectivity index (χ2v) is 10.6. The van der Waals surface area contributed by atoms with Gasteiger partial charge in [0.15, 0.2) is 11.5 Å². The van der Waals surface area contributed by atoms with Crippen LogP contribution in [0.2, 0.25) is 0 Å². The number of halogens is 2. The van der Waals surface area contributed by atoms with E-state index in [1.807, 2.05) is 6.92 Å². The van der Waals surface area contributed by atoms with Gasteiger partial charge in [-0.25, -0.2) is 13.4 Å². The third-order valence-corrected chi connectivity index (χ3v) is 7.41. The lowest BCUT2D eigenvalue weighted by Crippen LogP contribution is -2.08. The van der Waals surface area contributed by atoms with Gasteiger partial charge in [0.2, 0.25) is 15.0 Å². The monoisotopic (exact) mass is 577 g/mol. The molecule has 2 aromatic carbocycles. The lowest BCUT2D eigenvalue weighted by atomic mass is 10.2. The van der Waals surface area contributed by atoms with Crippen LogP contribution >= 0.6 is 0 Å². The van der Waals surface area contributed by atoms with E-state index in [2.05, 4.69) is 19.7 Å². The summed E-state index contributed by atoms with van der Waals surface area (Å²) in [7, 11) is -0.815. The first-order chi connectivity index (χ1) is 19.2. The average Bonchev–Trinajstić information content (AvgIpc) is 3.36. The molecule has 0 aliphatic rings. The number of nitrogens with zero attached hydrogens (tertiary/aromatic N) is 2. The summed E-state index contributed by atoms with van der Waals surface area (Å²) in [5.41, 5.74) is 2.53. The van der Waals surface area contributed by atoms with E-state index in [1.54, 1.807) is 37.6 Å². The van der Waals surface area contributed by atoms with Gasteiger partial charge in [-0.1, -0.05) is 6.07 Å². The number of rotatable bonds is 14. The number of nitrogens with one attached hydrogen (secondary N) is 1. The van der Waals surface area contributed by atoms with Crippen LogP contribution in [0, 0.1) is 6.92 Å². The summed E-state index contributed by atoms with van der Waals surface area (Å²) in [5.74, 6) is 0.970. The number of alkyl halides is 2. The third kappa shape index (κ3) is 7.16. The van der Waals surface area contributed by atoms with Crippen LogP contribution in [0.15, 0.2) is 53.8 Å². The van der Waals surface area contributed by atoms with Crippen LogP contribution in [0.4, 0.5) is 8.78 Å². The van der Waals surface area contributed by atoms with Crippen molar-refractivity contribution < 1.29 is 40.9 Å². The molecule has 0 bridgehead atoms. The molecular weight excluding hydrogens is 548 g/mol. The second kappa shape index (κ2) is 12.9. The molecule has 0 amide bonds. The van der Waals surface area contributed by atoms with Crippen molar-refractivity contribution in [3.63, 3.8) is 0 Å². The number of pyridine rings is 1. The molecule has 0 aliphatic heterocycles. The highest BCUT2D eigenvalue weighted by molar-refractivity contribution is 7.90. The molecule has 0 spiro atoms. The molecule has 2 aromatic heterocycles. The molecule has 13 heteroatoms. The van der Waals surface area contributed by atoms with Crippen molar-refractivity contribution in [2.45, 2.75) is 37.5 Å². The van der Waals surface area contributed by atoms with Crippen molar-refractivity contribution in [1.29, 1.82) is 0 Å². The standard InChI is InChI=1S/C27H29F2N3O7S/c1-17-22(30-10-9-23(17)37-12-4-11-35-2)15-38-24-8-5-18(13-25(24)36-3)16-40(33,34)27-31-20-7-6-19(39-26(28)29)14-21(20)32-27/h5-10,13-14,26H,4,11-12,15-16H2,1-3H3,(H,31,32). The van der Waals surface area contributed by atoms with Gasteiger partial charge in [-0.2, -0.15) is 8.78 Å². The van der Waals surface area contributed by atoms with Gasteiger partial charge >= 0.3 is 6.61 Å². The predicted octanol–water partition coefficient (Wildman–Crippen LogP) is 4.84. The molecule has 0 saturated heterocycles.